The largest absolute Gasteiger partial charge is 0.497 e. The summed E-state index contributed by atoms with van der Waals surface area (Å²) in [5.74, 6) is -0.00566. The van der Waals surface area contributed by atoms with E-state index in [1.54, 1.807) is 49.2 Å². The molecule has 5 aromatic rings. The number of para-hydroxylation sites is 2. The van der Waals surface area contributed by atoms with Crippen molar-refractivity contribution >= 4 is 57.1 Å². The molecule has 178 valence electrons. The first-order valence-corrected chi connectivity index (χ1v) is 12.7. The minimum atomic E-state index is -0.333. The monoisotopic (exact) mass is 500 g/mol. The van der Waals surface area contributed by atoms with Gasteiger partial charge in [-0.1, -0.05) is 48.2 Å². The van der Waals surface area contributed by atoms with E-state index in [1.807, 2.05) is 48.5 Å². The highest BCUT2D eigenvalue weighted by molar-refractivity contribution is 7.99. The lowest BCUT2D eigenvalue weighted by atomic mass is 9.92. The molecule has 0 atom stereocenters. The zero-order valence-electron chi connectivity index (χ0n) is 19.8. The molecule has 0 bridgehead atoms. The summed E-state index contributed by atoms with van der Waals surface area (Å²) in [7, 11) is 1.58. The lowest BCUT2D eigenvalue weighted by Gasteiger charge is -2.34. The molecule has 2 heterocycles. The van der Waals surface area contributed by atoms with Crippen LogP contribution in [0.4, 0.5) is 22.7 Å². The molecule has 5 aromatic carbocycles. The maximum absolute atomic E-state index is 13.7. The molecule has 0 unspecified atom stereocenters. The van der Waals surface area contributed by atoms with Crippen LogP contribution in [-0.2, 0) is 0 Å². The first-order chi connectivity index (χ1) is 18.2. The Bertz CT molecular complexity index is 1680. The number of carbonyl (C=O) groups excluding carboxylic acids is 2. The number of ether oxygens (including phenoxy) is 1. The predicted octanol–water partition coefficient (Wildman–Crippen LogP) is 7.58. The van der Waals surface area contributed by atoms with Gasteiger partial charge in [0.05, 0.1) is 29.9 Å². The number of hydrogen-bond donors (Lipinski definition) is 0. The van der Waals surface area contributed by atoms with Crippen molar-refractivity contribution in [2.45, 2.75) is 9.79 Å². The summed E-state index contributed by atoms with van der Waals surface area (Å²) in [6.07, 6.45) is 0. The number of carbonyl (C=O) groups is 2. The Morgan fingerprint density at radius 3 is 1.86 bits per heavy atom. The second kappa shape index (κ2) is 8.25. The van der Waals surface area contributed by atoms with Crippen LogP contribution in [0.15, 0.2) is 113 Å². The molecule has 0 aliphatic carbocycles. The summed E-state index contributed by atoms with van der Waals surface area (Å²) >= 11 is 1.74. The van der Waals surface area contributed by atoms with Crippen LogP contribution >= 0.6 is 11.8 Å². The fourth-order valence-corrected chi connectivity index (χ4v) is 6.26. The number of methoxy groups -OCH3 is 1. The zero-order chi connectivity index (χ0) is 25.1. The molecule has 2 aliphatic rings. The van der Waals surface area contributed by atoms with Crippen LogP contribution in [0.5, 0.6) is 5.75 Å². The lowest BCUT2D eigenvalue weighted by Crippen LogP contribution is -2.40. The highest BCUT2D eigenvalue weighted by Gasteiger charge is 2.35. The molecule has 0 saturated heterocycles. The molecule has 0 fully saturated rings. The predicted molar refractivity (Wildman–Crippen MR) is 147 cm³/mol. The maximum atomic E-state index is 13.7. The summed E-state index contributed by atoms with van der Waals surface area (Å²) in [5, 5.41) is 1.55. The normalized spacial score (nSPS) is 14.0. The van der Waals surface area contributed by atoms with Gasteiger partial charge < -0.3 is 9.64 Å². The van der Waals surface area contributed by atoms with Crippen LogP contribution < -0.4 is 14.5 Å². The van der Waals surface area contributed by atoms with Gasteiger partial charge in [0.25, 0.3) is 11.8 Å². The molecule has 0 aromatic heterocycles. The van der Waals surface area contributed by atoms with Gasteiger partial charge >= 0.3 is 0 Å². The van der Waals surface area contributed by atoms with E-state index in [1.165, 1.54) is 4.90 Å². The van der Waals surface area contributed by atoms with Crippen molar-refractivity contribution in [1.82, 2.24) is 0 Å². The third-order valence-electron chi connectivity index (χ3n) is 6.89. The minimum Gasteiger partial charge on any atom is -0.497 e. The van der Waals surface area contributed by atoms with Gasteiger partial charge in [0, 0.05) is 31.7 Å². The lowest BCUT2D eigenvalue weighted by molar-refractivity contribution is 0.0893. The van der Waals surface area contributed by atoms with Crippen LogP contribution in [0.1, 0.15) is 20.7 Å². The highest BCUT2D eigenvalue weighted by atomic mass is 32.2. The summed E-state index contributed by atoms with van der Waals surface area (Å²) in [6, 6.07) is 33.1. The first kappa shape index (κ1) is 21.7. The Morgan fingerprint density at radius 1 is 0.595 bits per heavy atom. The number of amides is 2. The van der Waals surface area contributed by atoms with Crippen molar-refractivity contribution in [3.63, 3.8) is 0 Å². The van der Waals surface area contributed by atoms with Crippen molar-refractivity contribution in [3.05, 3.63) is 114 Å². The Labute approximate surface area is 217 Å². The van der Waals surface area contributed by atoms with Gasteiger partial charge in [-0.05, 0) is 66.7 Å². The standard InChI is InChI=1S/C31H20N2O3S/c1-36-20-15-13-19(14-16-20)32-30(34)22-8-6-7-21-24(18-17-23(29(21)22)31(32)35)33-25-9-2-4-11-27(25)37-28-12-5-3-10-26(28)33/h2-18H,1H3. The molecule has 37 heavy (non-hydrogen) atoms. The quantitative estimate of drug-likeness (QED) is 0.234. The van der Waals surface area contributed by atoms with E-state index in [0.29, 0.717) is 28.0 Å². The van der Waals surface area contributed by atoms with Gasteiger partial charge in [-0.25, -0.2) is 4.90 Å². The van der Waals surface area contributed by atoms with Crippen LogP contribution in [-0.4, -0.2) is 18.9 Å². The molecule has 6 heteroatoms. The number of rotatable bonds is 3. The fraction of sp³-hybridized carbons (Fsp3) is 0.0323. The highest BCUT2D eigenvalue weighted by Crippen LogP contribution is 2.53. The van der Waals surface area contributed by atoms with E-state index < -0.39 is 0 Å². The molecule has 5 nitrogen and oxygen atoms in total. The van der Waals surface area contributed by atoms with Gasteiger partial charge in [-0.2, -0.15) is 0 Å². The van der Waals surface area contributed by atoms with Gasteiger partial charge in [0.2, 0.25) is 0 Å². The van der Waals surface area contributed by atoms with Gasteiger partial charge in [-0.3, -0.25) is 9.59 Å². The molecule has 2 aliphatic heterocycles. The maximum Gasteiger partial charge on any atom is 0.265 e. The van der Waals surface area contributed by atoms with Crippen molar-refractivity contribution in [3.8, 4) is 5.75 Å². The van der Waals surface area contributed by atoms with Gasteiger partial charge in [-0.15, -0.1) is 0 Å². The Balaban J connectivity index is 1.44. The van der Waals surface area contributed by atoms with Gasteiger partial charge in [0.1, 0.15) is 5.75 Å². The number of anilines is 4. The van der Waals surface area contributed by atoms with Crippen molar-refractivity contribution in [1.29, 1.82) is 0 Å². The van der Waals surface area contributed by atoms with Crippen molar-refractivity contribution in [2.75, 3.05) is 16.9 Å². The smallest absolute Gasteiger partial charge is 0.265 e. The van der Waals surface area contributed by atoms with E-state index in [2.05, 4.69) is 29.2 Å². The molecule has 0 saturated carbocycles. The molecule has 0 N–H and O–H groups in total. The zero-order valence-corrected chi connectivity index (χ0v) is 20.7. The second-order valence-electron chi connectivity index (χ2n) is 8.88. The molecular formula is C31H20N2O3S. The Morgan fingerprint density at radius 2 is 1.22 bits per heavy atom. The first-order valence-electron chi connectivity index (χ1n) is 11.9. The molecule has 7 rings (SSSR count). The number of benzene rings is 5. The number of imide groups is 1. The fourth-order valence-electron chi connectivity index (χ4n) is 5.21. The van der Waals surface area contributed by atoms with E-state index in [9.17, 15) is 9.59 Å². The third kappa shape index (κ3) is 3.19. The Hall–Kier alpha value is -4.55. The van der Waals surface area contributed by atoms with Crippen molar-refractivity contribution in [2.24, 2.45) is 0 Å². The second-order valence-corrected chi connectivity index (χ2v) is 9.96. The summed E-state index contributed by atoms with van der Waals surface area (Å²) in [4.78, 5) is 33.2. The molecule has 2 amide bonds. The van der Waals surface area contributed by atoms with E-state index in [0.717, 1.165) is 32.2 Å². The van der Waals surface area contributed by atoms with Crippen LogP contribution in [0.25, 0.3) is 10.8 Å². The van der Waals surface area contributed by atoms with E-state index in [4.69, 9.17) is 4.74 Å². The summed E-state index contributed by atoms with van der Waals surface area (Å²) in [6.45, 7) is 0. The number of nitrogens with zero attached hydrogens (tertiary/aromatic N) is 2. The number of hydrogen-bond acceptors (Lipinski definition) is 5. The van der Waals surface area contributed by atoms with Crippen LogP contribution in [0, 0.1) is 0 Å². The summed E-state index contributed by atoms with van der Waals surface area (Å²) < 4.78 is 5.24. The SMILES string of the molecule is COc1ccc(N2C(=O)c3cccc4c(N5c6ccccc6Sc6ccccc65)ccc(c34)C2=O)cc1. The molecule has 0 radical (unpaired) electrons. The average molecular weight is 501 g/mol. The molecule has 0 spiro atoms. The van der Waals surface area contributed by atoms with Crippen LogP contribution in [0.3, 0.4) is 0 Å². The summed E-state index contributed by atoms with van der Waals surface area (Å²) in [5.41, 5.74) is 4.61. The van der Waals surface area contributed by atoms with Crippen molar-refractivity contribution < 1.29 is 14.3 Å². The van der Waals surface area contributed by atoms with E-state index in [-0.39, 0.29) is 11.8 Å². The minimum absolute atomic E-state index is 0.333. The Kier molecular flexibility index (Phi) is 4.84. The average Bonchev–Trinajstić information content (AvgIpc) is 2.95. The third-order valence-corrected chi connectivity index (χ3v) is 8.02. The van der Waals surface area contributed by atoms with E-state index >= 15 is 0 Å². The van der Waals surface area contributed by atoms with Crippen LogP contribution in [0.2, 0.25) is 0 Å². The number of fused-ring (bicyclic) bond motifs is 2. The van der Waals surface area contributed by atoms with Gasteiger partial charge in [0.15, 0.2) is 0 Å². The topological polar surface area (TPSA) is 49.9 Å². The molecular weight excluding hydrogens is 480 g/mol.